The van der Waals surface area contributed by atoms with E-state index in [1.165, 1.54) is 7.05 Å². The smallest absolute Gasteiger partial charge is 0.225 e. The molecule has 3 unspecified atom stereocenters. The lowest BCUT2D eigenvalue weighted by Crippen LogP contribution is -2.44. The van der Waals surface area contributed by atoms with Crippen LogP contribution in [0.15, 0.2) is 36.4 Å². The molecule has 6 nitrogen and oxygen atoms in total. The molecule has 0 radical (unpaired) electrons. The Hall–Kier alpha value is -2.36. The van der Waals surface area contributed by atoms with Crippen LogP contribution >= 0.6 is 0 Å². The van der Waals surface area contributed by atoms with Crippen LogP contribution in [0.2, 0.25) is 0 Å². The van der Waals surface area contributed by atoms with Gasteiger partial charge >= 0.3 is 0 Å². The van der Waals surface area contributed by atoms with Gasteiger partial charge in [0, 0.05) is 25.7 Å². The van der Waals surface area contributed by atoms with Gasteiger partial charge in [0.05, 0.1) is 23.5 Å². The van der Waals surface area contributed by atoms with E-state index in [1.54, 1.807) is 0 Å². The van der Waals surface area contributed by atoms with E-state index in [9.17, 15) is 27.1 Å². The molecule has 1 aliphatic heterocycles. The topological polar surface area (TPSA) is 95.5 Å². The van der Waals surface area contributed by atoms with Gasteiger partial charge in [0.15, 0.2) is 9.84 Å². The van der Waals surface area contributed by atoms with Crippen LogP contribution in [0.1, 0.15) is 35.2 Å². The average Bonchev–Trinajstić information content (AvgIpc) is 2.73. The Morgan fingerprint density at radius 2 is 1.84 bits per heavy atom. The summed E-state index contributed by atoms with van der Waals surface area (Å²) in [4.78, 5) is 12.4. The van der Waals surface area contributed by atoms with Gasteiger partial charge in [-0.05, 0) is 47.2 Å². The minimum atomic E-state index is -3.32. The number of rotatable bonds is 8. The van der Waals surface area contributed by atoms with Crippen molar-refractivity contribution in [3.63, 3.8) is 0 Å². The van der Waals surface area contributed by atoms with Gasteiger partial charge in [0.25, 0.3) is 0 Å². The number of benzene rings is 2. The molecule has 32 heavy (non-hydrogen) atoms. The molecule has 0 fully saturated rings. The lowest BCUT2D eigenvalue weighted by Gasteiger charge is -2.29. The van der Waals surface area contributed by atoms with Gasteiger partial charge in [-0.15, -0.1) is 0 Å². The van der Waals surface area contributed by atoms with Gasteiger partial charge in [-0.25, -0.2) is 17.2 Å². The van der Waals surface area contributed by atoms with Crippen molar-refractivity contribution in [1.82, 2.24) is 10.6 Å². The monoisotopic (exact) mass is 466 g/mol. The molecule has 1 amide bonds. The minimum Gasteiger partial charge on any atom is -0.391 e. The Kier molecular flexibility index (Phi) is 7.63. The number of nitrogens with one attached hydrogen (secondary N) is 2. The summed E-state index contributed by atoms with van der Waals surface area (Å²) < 4.78 is 51.9. The van der Waals surface area contributed by atoms with Crippen LogP contribution in [0.3, 0.4) is 0 Å². The van der Waals surface area contributed by atoms with Crippen molar-refractivity contribution < 1.29 is 27.1 Å². The standard InChI is InChI=1S/C23H28F2N2O4S/c1-3-14-4-5-16-12-32(30,31)13-21(19(16)8-14)27-11-22(28)20(23(29)26-2)9-15-6-17(24)10-18(25)7-15/h4-8,10,20-22,27-28H,3,9,11-13H2,1-2H3,(H,26,29). The van der Waals surface area contributed by atoms with Crippen LogP contribution in [0.5, 0.6) is 0 Å². The zero-order valence-electron chi connectivity index (χ0n) is 18.1. The zero-order chi connectivity index (χ0) is 23.5. The predicted octanol–water partition coefficient (Wildman–Crippen LogP) is 2.05. The molecule has 3 atom stereocenters. The molecular formula is C23H28F2N2O4S. The summed E-state index contributed by atoms with van der Waals surface area (Å²) in [5, 5.41) is 16.3. The SMILES string of the molecule is CCc1ccc2c(c1)C(NCC(O)C(Cc1cc(F)cc(F)c1)C(=O)NC)CS(=O)(=O)C2. The first-order valence-electron chi connectivity index (χ1n) is 10.5. The van der Waals surface area contributed by atoms with Crippen LogP contribution in [0.25, 0.3) is 0 Å². The van der Waals surface area contributed by atoms with E-state index in [0.717, 1.165) is 41.3 Å². The van der Waals surface area contributed by atoms with Crippen LogP contribution in [0, 0.1) is 17.6 Å². The highest BCUT2D eigenvalue weighted by atomic mass is 32.2. The summed E-state index contributed by atoms with van der Waals surface area (Å²) in [6.07, 6.45) is -0.474. The van der Waals surface area contributed by atoms with E-state index in [4.69, 9.17) is 0 Å². The summed E-state index contributed by atoms with van der Waals surface area (Å²) in [5.74, 6) is -3.12. The maximum absolute atomic E-state index is 13.6. The Morgan fingerprint density at radius 1 is 1.16 bits per heavy atom. The lowest BCUT2D eigenvalue weighted by atomic mass is 9.92. The number of amides is 1. The molecule has 174 valence electrons. The van der Waals surface area contributed by atoms with E-state index in [-0.39, 0.29) is 30.0 Å². The number of aliphatic hydroxyl groups excluding tert-OH is 1. The first-order chi connectivity index (χ1) is 15.1. The van der Waals surface area contributed by atoms with Crippen LogP contribution in [-0.4, -0.2) is 44.9 Å². The summed E-state index contributed by atoms with van der Waals surface area (Å²) >= 11 is 0. The largest absolute Gasteiger partial charge is 0.391 e. The molecule has 0 spiro atoms. The van der Waals surface area contributed by atoms with Crippen molar-refractivity contribution in [3.05, 3.63) is 70.3 Å². The highest BCUT2D eigenvalue weighted by Crippen LogP contribution is 2.29. The second-order valence-corrected chi connectivity index (χ2v) is 10.3. The molecule has 0 saturated carbocycles. The number of aliphatic hydroxyl groups is 1. The van der Waals surface area contributed by atoms with Crippen molar-refractivity contribution >= 4 is 15.7 Å². The molecule has 0 aliphatic carbocycles. The number of aryl methyl sites for hydroxylation is 1. The van der Waals surface area contributed by atoms with Gasteiger partial charge in [-0.1, -0.05) is 25.1 Å². The molecule has 1 heterocycles. The fraction of sp³-hybridized carbons (Fsp3) is 0.435. The lowest BCUT2D eigenvalue weighted by molar-refractivity contribution is -0.128. The maximum atomic E-state index is 13.6. The van der Waals surface area contributed by atoms with Crippen LogP contribution in [-0.2, 0) is 33.2 Å². The van der Waals surface area contributed by atoms with E-state index < -0.39 is 45.4 Å². The molecule has 0 bridgehead atoms. The van der Waals surface area contributed by atoms with Gasteiger partial charge in [0.2, 0.25) is 5.91 Å². The van der Waals surface area contributed by atoms with E-state index >= 15 is 0 Å². The number of sulfone groups is 1. The summed E-state index contributed by atoms with van der Waals surface area (Å²) in [5.41, 5.74) is 2.91. The quantitative estimate of drug-likeness (QED) is 0.554. The molecule has 3 N–H and O–H groups in total. The molecule has 1 aliphatic rings. The Labute approximate surface area is 187 Å². The molecule has 0 saturated heterocycles. The molecule has 9 heteroatoms. The van der Waals surface area contributed by atoms with Crippen LogP contribution < -0.4 is 10.6 Å². The van der Waals surface area contributed by atoms with E-state index in [2.05, 4.69) is 10.6 Å². The Balaban J connectivity index is 1.78. The van der Waals surface area contributed by atoms with Gasteiger partial charge in [-0.2, -0.15) is 0 Å². The third-order valence-electron chi connectivity index (χ3n) is 5.79. The number of fused-ring (bicyclic) bond motifs is 1. The van der Waals surface area contributed by atoms with E-state index in [0.29, 0.717) is 0 Å². The third kappa shape index (κ3) is 5.90. The first-order valence-corrected chi connectivity index (χ1v) is 12.3. The molecule has 2 aromatic carbocycles. The zero-order valence-corrected chi connectivity index (χ0v) is 18.9. The van der Waals surface area contributed by atoms with Crippen molar-refractivity contribution in [2.45, 2.75) is 37.7 Å². The number of hydrogen-bond acceptors (Lipinski definition) is 5. The minimum absolute atomic E-state index is 0.0287. The maximum Gasteiger partial charge on any atom is 0.225 e. The molecular weight excluding hydrogens is 438 g/mol. The van der Waals surface area contributed by atoms with Crippen molar-refractivity contribution in [2.75, 3.05) is 19.3 Å². The second-order valence-electron chi connectivity index (χ2n) is 8.17. The number of carbonyl (C=O) groups is 1. The summed E-state index contributed by atoms with van der Waals surface area (Å²) in [6, 6.07) is 8.15. The normalized spacial score (nSPS) is 19.1. The van der Waals surface area contributed by atoms with Gasteiger partial charge in [0.1, 0.15) is 11.6 Å². The first kappa shape index (κ1) is 24.3. The molecule has 3 rings (SSSR count). The Morgan fingerprint density at radius 3 is 2.47 bits per heavy atom. The molecule has 2 aromatic rings. The fourth-order valence-corrected chi connectivity index (χ4v) is 5.77. The molecule has 0 aromatic heterocycles. The number of halogens is 2. The summed E-state index contributed by atoms with van der Waals surface area (Å²) in [7, 11) is -1.90. The average molecular weight is 467 g/mol. The fourth-order valence-electron chi connectivity index (χ4n) is 4.11. The van der Waals surface area contributed by atoms with Crippen molar-refractivity contribution in [2.24, 2.45) is 5.92 Å². The highest BCUT2D eigenvalue weighted by Gasteiger charge is 2.32. The van der Waals surface area contributed by atoms with Gasteiger partial charge in [-0.3, -0.25) is 4.79 Å². The number of hydrogen-bond donors (Lipinski definition) is 3. The van der Waals surface area contributed by atoms with Crippen molar-refractivity contribution in [3.8, 4) is 0 Å². The second kappa shape index (κ2) is 10.1. The van der Waals surface area contributed by atoms with Crippen LogP contribution in [0.4, 0.5) is 8.78 Å². The highest BCUT2D eigenvalue weighted by molar-refractivity contribution is 7.90. The predicted molar refractivity (Wildman–Crippen MR) is 118 cm³/mol. The third-order valence-corrected chi connectivity index (χ3v) is 7.38. The summed E-state index contributed by atoms with van der Waals surface area (Å²) in [6.45, 7) is 1.95. The van der Waals surface area contributed by atoms with Gasteiger partial charge < -0.3 is 15.7 Å². The van der Waals surface area contributed by atoms with E-state index in [1.807, 2.05) is 25.1 Å². The Bertz CT molecular complexity index is 1070. The van der Waals surface area contributed by atoms with Crippen molar-refractivity contribution in [1.29, 1.82) is 0 Å². The number of carbonyl (C=O) groups excluding carboxylic acids is 1.